The van der Waals surface area contributed by atoms with Crippen molar-refractivity contribution >= 4 is 11.7 Å². The van der Waals surface area contributed by atoms with Crippen molar-refractivity contribution < 1.29 is 4.79 Å². The Kier molecular flexibility index (Phi) is 4.98. The van der Waals surface area contributed by atoms with Crippen molar-refractivity contribution in [2.75, 3.05) is 11.9 Å². The minimum absolute atomic E-state index is 0.160. The molecule has 0 aliphatic rings. The van der Waals surface area contributed by atoms with Gasteiger partial charge >= 0.3 is 6.03 Å². The van der Waals surface area contributed by atoms with Crippen LogP contribution in [-0.4, -0.2) is 22.1 Å². The second-order valence-corrected chi connectivity index (χ2v) is 5.29. The number of anilines is 1. The Bertz CT molecular complexity index is 605. The maximum atomic E-state index is 11.9. The van der Waals surface area contributed by atoms with Crippen LogP contribution in [0.3, 0.4) is 0 Å². The summed E-state index contributed by atoms with van der Waals surface area (Å²) >= 11 is 0. The van der Waals surface area contributed by atoms with E-state index >= 15 is 0 Å². The smallest absolute Gasteiger partial charge is 0.319 e. The van der Waals surface area contributed by atoms with E-state index in [1.807, 2.05) is 30.7 Å². The van der Waals surface area contributed by atoms with E-state index in [1.54, 1.807) is 12.5 Å². The van der Waals surface area contributed by atoms with Gasteiger partial charge < -0.3 is 15.2 Å². The molecule has 0 bridgehead atoms. The van der Waals surface area contributed by atoms with Gasteiger partial charge in [0.05, 0.1) is 6.33 Å². The standard InChI is InChI=1S/C16H22N4O/c1-12-9-14(3)15(10-13(12)2)19-16(21)18-5-4-7-20-8-6-17-11-20/h6,8-11H,4-5,7H2,1-3H3,(H2,18,19,21). The van der Waals surface area contributed by atoms with Crippen LogP contribution in [0.2, 0.25) is 0 Å². The number of nitrogens with zero attached hydrogens (tertiary/aromatic N) is 2. The largest absolute Gasteiger partial charge is 0.338 e. The number of carbonyl (C=O) groups excluding carboxylic acids is 1. The highest BCUT2D eigenvalue weighted by molar-refractivity contribution is 5.90. The molecule has 1 aromatic carbocycles. The molecule has 0 fully saturated rings. The van der Waals surface area contributed by atoms with Gasteiger partial charge in [0, 0.05) is 31.2 Å². The molecular weight excluding hydrogens is 264 g/mol. The van der Waals surface area contributed by atoms with E-state index in [4.69, 9.17) is 0 Å². The maximum absolute atomic E-state index is 11.9. The predicted molar refractivity (Wildman–Crippen MR) is 84.5 cm³/mol. The molecule has 0 aliphatic heterocycles. The Morgan fingerprint density at radius 1 is 1.19 bits per heavy atom. The lowest BCUT2D eigenvalue weighted by atomic mass is 10.1. The molecule has 5 nitrogen and oxygen atoms in total. The zero-order valence-corrected chi connectivity index (χ0v) is 12.8. The SMILES string of the molecule is Cc1cc(C)c(NC(=O)NCCCn2ccnc2)cc1C. The molecule has 2 amide bonds. The first kappa shape index (κ1) is 15.1. The molecule has 0 saturated carbocycles. The summed E-state index contributed by atoms with van der Waals surface area (Å²) in [6.07, 6.45) is 6.31. The second kappa shape index (κ2) is 6.92. The average Bonchev–Trinajstić information content (AvgIpc) is 2.94. The summed E-state index contributed by atoms with van der Waals surface area (Å²) in [7, 11) is 0. The average molecular weight is 286 g/mol. The van der Waals surface area contributed by atoms with Gasteiger partial charge in [-0.1, -0.05) is 6.07 Å². The van der Waals surface area contributed by atoms with Crippen molar-refractivity contribution in [3.05, 3.63) is 47.5 Å². The van der Waals surface area contributed by atoms with Crippen molar-refractivity contribution in [1.82, 2.24) is 14.9 Å². The van der Waals surface area contributed by atoms with Gasteiger partial charge in [0.2, 0.25) is 0 Å². The van der Waals surface area contributed by atoms with Gasteiger partial charge in [-0.3, -0.25) is 0 Å². The van der Waals surface area contributed by atoms with Crippen molar-refractivity contribution in [3.63, 3.8) is 0 Å². The highest BCUT2D eigenvalue weighted by Gasteiger charge is 2.05. The van der Waals surface area contributed by atoms with E-state index in [0.29, 0.717) is 6.54 Å². The van der Waals surface area contributed by atoms with Crippen LogP contribution in [0.15, 0.2) is 30.9 Å². The highest BCUT2D eigenvalue weighted by atomic mass is 16.2. The Balaban J connectivity index is 1.78. The summed E-state index contributed by atoms with van der Waals surface area (Å²) in [4.78, 5) is 15.9. The van der Waals surface area contributed by atoms with E-state index in [9.17, 15) is 4.79 Å². The van der Waals surface area contributed by atoms with Gasteiger partial charge in [-0.05, 0) is 49.9 Å². The predicted octanol–water partition coefficient (Wildman–Crippen LogP) is 3.02. The Hall–Kier alpha value is -2.30. The van der Waals surface area contributed by atoms with Crippen LogP contribution < -0.4 is 10.6 Å². The summed E-state index contributed by atoms with van der Waals surface area (Å²) in [6.45, 7) is 7.60. The third kappa shape index (κ3) is 4.34. The lowest BCUT2D eigenvalue weighted by molar-refractivity contribution is 0.252. The van der Waals surface area contributed by atoms with Crippen molar-refractivity contribution in [2.24, 2.45) is 0 Å². The van der Waals surface area contributed by atoms with Crippen LogP contribution in [0, 0.1) is 20.8 Å². The molecule has 112 valence electrons. The number of carbonyl (C=O) groups is 1. The van der Waals surface area contributed by atoms with Crippen molar-refractivity contribution in [1.29, 1.82) is 0 Å². The zero-order chi connectivity index (χ0) is 15.2. The number of nitrogens with one attached hydrogen (secondary N) is 2. The minimum Gasteiger partial charge on any atom is -0.338 e. The summed E-state index contributed by atoms with van der Waals surface area (Å²) < 4.78 is 1.99. The highest BCUT2D eigenvalue weighted by Crippen LogP contribution is 2.19. The first-order valence-electron chi connectivity index (χ1n) is 7.14. The Morgan fingerprint density at radius 2 is 1.95 bits per heavy atom. The molecule has 5 heteroatoms. The Labute approximate surface area is 125 Å². The van der Waals surface area contributed by atoms with E-state index in [-0.39, 0.29) is 6.03 Å². The normalized spacial score (nSPS) is 10.4. The molecular formula is C16H22N4O. The fraction of sp³-hybridized carbons (Fsp3) is 0.375. The maximum Gasteiger partial charge on any atom is 0.319 e. The third-order valence-corrected chi connectivity index (χ3v) is 3.53. The van der Waals surface area contributed by atoms with Crippen LogP contribution in [-0.2, 0) is 6.54 Å². The molecule has 21 heavy (non-hydrogen) atoms. The van der Waals surface area contributed by atoms with Crippen LogP contribution in [0.25, 0.3) is 0 Å². The molecule has 0 radical (unpaired) electrons. The molecule has 1 heterocycles. The molecule has 0 aliphatic carbocycles. The number of benzene rings is 1. The number of amides is 2. The van der Waals surface area contributed by atoms with Crippen molar-refractivity contribution in [2.45, 2.75) is 33.7 Å². The second-order valence-electron chi connectivity index (χ2n) is 5.29. The van der Waals surface area contributed by atoms with Gasteiger partial charge in [0.1, 0.15) is 0 Å². The van der Waals surface area contributed by atoms with Gasteiger partial charge in [-0.15, -0.1) is 0 Å². The van der Waals surface area contributed by atoms with Crippen LogP contribution in [0.1, 0.15) is 23.1 Å². The van der Waals surface area contributed by atoms with E-state index in [0.717, 1.165) is 24.2 Å². The minimum atomic E-state index is -0.160. The quantitative estimate of drug-likeness (QED) is 0.830. The zero-order valence-electron chi connectivity index (χ0n) is 12.8. The number of hydrogen-bond acceptors (Lipinski definition) is 2. The topological polar surface area (TPSA) is 59.0 Å². The van der Waals surface area contributed by atoms with Crippen LogP contribution in [0.4, 0.5) is 10.5 Å². The summed E-state index contributed by atoms with van der Waals surface area (Å²) in [6, 6.07) is 3.94. The molecule has 1 aromatic heterocycles. The lowest BCUT2D eigenvalue weighted by Gasteiger charge is -2.12. The monoisotopic (exact) mass is 286 g/mol. The number of aromatic nitrogens is 2. The number of urea groups is 1. The molecule has 0 saturated heterocycles. The summed E-state index contributed by atoms with van der Waals surface area (Å²) in [5, 5.41) is 5.77. The first-order valence-corrected chi connectivity index (χ1v) is 7.14. The van der Waals surface area contributed by atoms with Gasteiger partial charge in [0.25, 0.3) is 0 Å². The number of hydrogen-bond donors (Lipinski definition) is 2. The molecule has 2 N–H and O–H groups in total. The summed E-state index contributed by atoms with van der Waals surface area (Å²) in [5.74, 6) is 0. The van der Waals surface area contributed by atoms with Crippen LogP contribution in [0.5, 0.6) is 0 Å². The van der Waals surface area contributed by atoms with E-state index in [1.165, 1.54) is 11.1 Å². The fourth-order valence-electron chi connectivity index (χ4n) is 2.14. The molecule has 0 atom stereocenters. The lowest BCUT2D eigenvalue weighted by Crippen LogP contribution is -2.30. The fourth-order valence-corrected chi connectivity index (χ4v) is 2.14. The summed E-state index contributed by atoms with van der Waals surface area (Å²) in [5.41, 5.74) is 4.35. The third-order valence-electron chi connectivity index (χ3n) is 3.53. The number of aryl methyl sites for hydroxylation is 4. The van der Waals surface area contributed by atoms with Crippen molar-refractivity contribution in [3.8, 4) is 0 Å². The first-order chi connectivity index (χ1) is 10.1. The van der Waals surface area contributed by atoms with E-state index in [2.05, 4.69) is 28.6 Å². The molecule has 2 rings (SSSR count). The van der Waals surface area contributed by atoms with E-state index < -0.39 is 0 Å². The molecule has 0 unspecified atom stereocenters. The molecule has 0 spiro atoms. The Morgan fingerprint density at radius 3 is 2.67 bits per heavy atom. The van der Waals surface area contributed by atoms with Gasteiger partial charge in [0.15, 0.2) is 0 Å². The molecule has 2 aromatic rings. The van der Waals surface area contributed by atoms with Crippen LogP contribution >= 0.6 is 0 Å². The number of imidazole rings is 1. The number of rotatable bonds is 5. The van der Waals surface area contributed by atoms with Gasteiger partial charge in [-0.2, -0.15) is 0 Å². The van der Waals surface area contributed by atoms with Gasteiger partial charge in [-0.25, -0.2) is 9.78 Å².